The van der Waals surface area contributed by atoms with Gasteiger partial charge in [0.25, 0.3) is 0 Å². The number of nitrogens with zero attached hydrogens (tertiary/aromatic N) is 1. The molecular weight excluding hydrogens is 394 g/mol. The van der Waals surface area contributed by atoms with Crippen molar-refractivity contribution >= 4 is 49.9 Å². The van der Waals surface area contributed by atoms with Crippen LogP contribution in [0.1, 0.15) is 19.4 Å². The summed E-state index contributed by atoms with van der Waals surface area (Å²) in [4.78, 5) is 22.7. The van der Waals surface area contributed by atoms with Crippen LogP contribution in [0.4, 0.5) is 0 Å². The number of hydrogen-bond donors (Lipinski definition) is 3. The monoisotopic (exact) mass is 405 g/mol. The molecule has 108 valence electrons. The Hall–Kier alpha value is -1.41. The van der Waals surface area contributed by atoms with E-state index in [1.807, 2.05) is 0 Å². The molecule has 0 fully saturated rings. The lowest BCUT2D eigenvalue weighted by molar-refractivity contribution is -0.139. The number of carbonyl (C=O) groups excluding carboxylic acids is 2. The van der Waals surface area contributed by atoms with Crippen LogP contribution in [-0.2, 0) is 9.59 Å². The molecule has 0 unspecified atom stereocenters. The predicted octanol–water partition coefficient (Wildman–Crippen LogP) is 1.89. The van der Waals surface area contributed by atoms with E-state index in [4.69, 9.17) is 0 Å². The van der Waals surface area contributed by atoms with E-state index in [9.17, 15) is 14.7 Å². The fourth-order valence-corrected chi connectivity index (χ4v) is 2.48. The molecule has 1 aromatic carbocycles. The minimum atomic E-state index is -0.872. The number of amides is 2. The highest BCUT2D eigenvalue weighted by atomic mass is 79.9. The fourth-order valence-electron chi connectivity index (χ4n) is 1.22. The molecule has 0 radical (unpaired) electrons. The Morgan fingerprint density at radius 1 is 1.30 bits per heavy atom. The van der Waals surface area contributed by atoms with Crippen LogP contribution >= 0.6 is 31.9 Å². The van der Waals surface area contributed by atoms with E-state index in [1.165, 1.54) is 6.21 Å². The third-order valence-electron chi connectivity index (χ3n) is 2.05. The van der Waals surface area contributed by atoms with E-state index in [0.717, 1.165) is 4.47 Å². The van der Waals surface area contributed by atoms with E-state index in [1.54, 1.807) is 26.0 Å². The summed E-state index contributed by atoms with van der Waals surface area (Å²) in [7, 11) is 0. The lowest BCUT2D eigenvalue weighted by Crippen LogP contribution is -2.41. The van der Waals surface area contributed by atoms with Gasteiger partial charge < -0.3 is 10.4 Å². The largest absolute Gasteiger partial charge is 0.506 e. The number of nitrogens with one attached hydrogen (secondary N) is 2. The Balaban J connectivity index is 2.70. The predicted molar refractivity (Wildman–Crippen MR) is 82.5 cm³/mol. The lowest BCUT2D eigenvalue weighted by Gasteiger charge is -2.06. The Kier molecular flexibility index (Phi) is 6.15. The van der Waals surface area contributed by atoms with Crippen LogP contribution in [0.5, 0.6) is 5.75 Å². The van der Waals surface area contributed by atoms with Crippen molar-refractivity contribution in [1.82, 2.24) is 10.7 Å². The van der Waals surface area contributed by atoms with Crippen molar-refractivity contribution < 1.29 is 14.7 Å². The van der Waals surface area contributed by atoms with Gasteiger partial charge in [0.1, 0.15) is 5.75 Å². The van der Waals surface area contributed by atoms with Crippen LogP contribution in [0.15, 0.2) is 26.2 Å². The molecule has 1 rings (SSSR count). The lowest BCUT2D eigenvalue weighted by atomic mass is 10.2. The third-order valence-corrected chi connectivity index (χ3v) is 3.12. The molecule has 8 heteroatoms. The Bertz CT molecular complexity index is 559. The smallest absolute Gasteiger partial charge is 0.329 e. The maximum Gasteiger partial charge on any atom is 0.329 e. The first-order valence-electron chi connectivity index (χ1n) is 5.63. The number of phenols is 1. The summed E-state index contributed by atoms with van der Waals surface area (Å²) < 4.78 is 1.21. The second-order valence-electron chi connectivity index (χ2n) is 4.15. The molecule has 3 N–H and O–H groups in total. The van der Waals surface area contributed by atoms with Gasteiger partial charge in [-0.2, -0.15) is 5.10 Å². The van der Waals surface area contributed by atoms with Gasteiger partial charge in [0.15, 0.2) is 0 Å². The molecule has 0 saturated carbocycles. The van der Waals surface area contributed by atoms with Crippen molar-refractivity contribution in [2.75, 3.05) is 0 Å². The van der Waals surface area contributed by atoms with Crippen LogP contribution in [-0.4, -0.2) is 29.2 Å². The van der Waals surface area contributed by atoms with E-state index >= 15 is 0 Å². The average Bonchev–Trinajstić information content (AvgIpc) is 2.34. The maximum atomic E-state index is 11.4. The van der Waals surface area contributed by atoms with Gasteiger partial charge in [0.2, 0.25) is 0 Å². The zero-order valence-corrected chi connectivity index (χ0v) is 13.9. The zero-order chi connectivity index (χ0) is 15.3. The molecule has 2 amide bonds. The van der Waals surface area contributed by atoms with Gasteiger partial charge in [-0.25, -0.2) is 5.43 Å². The van der Waals surface area contributed by atoms with E-state index < -0.39 is 11.8 Å². The van der Waals surface area contributed by atoms with Crippen molar-refractivity contribution in [2.24, 2.45) is 5.10 Å². The van der Waals surface area contributed by atoms with Crippen LogP contribution in [0.25, 0.3) is 0 Å². The topological polar surface area (TPSA) is 90.8 Å². The fraction of sp³-hybridized carbons (Fsp3) is 0.250. The minimum Gasteiger partial charge on any atom is -0.506 e. The molecule has 0 aliphatic heterocycles. The van der Waals surface area contributed by atoms with E-state index in [2.05, 4.69) is 47.7 Å². The van der Waals surface area contributed by atoms with Crippen LogP contribution in [0.3, 0.4) is 0 Å². The number of aromatic hydroxyl groups is 1. The highest BCUT2D eigenvalue weighted by Crippen LogP contribution is 2.30. The zero-order valence-electron chi connectivity index (χ0n) is 10.8. The van der Waals surface area contributed by atoms with Crippen molar-refractivity contribution in [3.63, 3.8) is 0 Å². The number of hydrogen-bond acceptors (Lipinski definition) is 4. The quantitative estimate of drug-likeness (QED) is 0.406. The van der Waals surface area contributed by atoms with Gasteiger partial charge >= 0.3 is 11.8 Å². The number of benzene rings is 1. The summed E-state index contributed by atoms with van der Waals surface area (Å²) in [6.07, 6.45) is 1.24. The highest BCUT2D eigenvalue weighted by molar-refractivity contribution is 9.11. The molecule has 0 saturated heterocycles. The van der Waals surface area contributed by atoms with Crippen molar-refractivity contribution in [2.45, 2.75) is 19.9 Å². The van der Waals surface area contributed by atoms with Crippen LogP contribution in [0, 0.1) is 0 Å². The SMILES string of the molecule is CC(C)NC(=O)C(=O)N/N=C/c1cc(Br)cc(Br)c1O. The standard InChI is InChI=1S/C12H13Br2N3O3/c1-6(2)16-11(19)12(20)17-15-5-7-3-8(13)4-9(14)10(7)18/h3-6,18H,1-2H3,(H,16,19)(H,17,20)/b15-5+. The highest BCUT2D eigenvalue weighted by Gasteiger charge is 2.13. The van der Waals surface area contributed by atoms with E-state index in [-0.39, 0.29) is 11.8 Å². The van der Waals surface area contributed by atoms with E-state index in [0.29, 0.717) is 10.0 Å². The first kappa shape index (κ1) is 16.6. The molecule has 20 heavy (non-hydrogen) atoms. The molecule has 0 heterocycles. The average molecular weight is 407 g/mol. The van der Waals surface area contributed by atoms with Crippen LogP contribution < -0.4 is 10.7 Å². The Labute approximate surface area is 132 Å². The number of carbonyl (C=O) groups is 2. The van der Waals surface area contributed by atoms with Gasteiger partial charge in [-0.3, -0.25) is 9.59 Å². The first-order valence-corrected chi connectivity index (χ1v) is 7.21. The molecule has 0 aliphatic rings. The molecule has 0 bridgehead atoms. The number of hydrazone groups is 1. The number of rotatable bonds is 3. The van der Waals surface area contributed by atoms with Gasteiger partial charge in [-0.1, -0.05) is 15.9 Å². The number of halogens is 2. The Morgan fingerprint density at radius 3 is 2.55 bits per heavy atom. The summed E-state index contributed by atoms with van der Waals surface area (Å²) in [5, 5.41) is 15.8. The van der Waals surface area contributed by atoms with Crippen LogP contribution in [0.2, 0.25) is 0 Å². The molecule has 0 spiro atoms. The minimum absolute atomic E-state index is 0.0159. The number of phenolic OH excluding ortho intramolecular Hbond substituents is 1. The summed E-state index contributed by atoms with van der Waals surface area (Å²) in [5.41, 5.74) is 2.46. The summed E-state index contributed by atoms with van der Waals surface area (Å²) >= 11 is 6.44. The first-order chi connectivity index (χ1) is 9.31. The molecule has 0 atom stereocenters. The molecule has 1 aromatic rings. The van der Waals surface area contributed by atoms with Crippen molar-refractivity contribution in [1.29, 1.82) is 0 Å². The molecule has 0 aromatic heterocycles. The van der Waals surface area contributed by atoms with Gasteiger partial charge in [-0.15, -0.1) is 0 Å². The summed E-state index contributed by atoms with van der Waals surface area (Å²) in [6, 6.07) is 3.15. The maximum absolute atomic E-state index is 11.4. The Morgan fingerprint density at radius 2 is 1.95 bits per heavy atom. The molecule has 6 nitrogen and oxygen atoms in total. The summed E-state index contributed by atoms with van der Waals surface area (Å²) in [6.45, 7) is 3.48. The second-order valence-corrected chi connectivity index (χ2v) is 5.92. The molecule has 0 aliphatic carbocycles. The third kappa shape index (κ3) is 4.93. The van der Waals surface area contributed by atoms with Gasteiger partial charge in [0, 0.05) is 16.1 Å². The normalized spacial score (nSPS) is 10.8. The summed E-state index contributed by atoms with van der Waals surface area (Å²) in [5.74, 6) is -1.65. The van der Waals surface area contributed by atoms with Crippen molar-refractivity contribution in [3.8, 4) is 5.75 Å². The van der Waals surface area contributed by atoms with Gasteiger partial charge in [-0.05, 0) is 41.9 Å². The van der Waals surface area contributed by atoms with Gasteiger partial charge in [0.05, 0.1) is 10.7 Å². The molecular formula is C12H13Br2N3O3. The second kappa shape index (κ2) is 7.39. The van der Waals surface area contributed by atoms with Crippen molar-refractivity contribution in [3.05, 3.63) is 26.6 Å².